The number of nitrogens with one attached hydrogen (secondary N) is 3. The molecule has 2 amide bonds. The van der Waals surface area contributed by atoms with Gasteiger partial charge in [0.15, 0.2) is 5.11 Å². The fraction of sp³-hybridized carbons (Fsp3) is 0.192. The molecule has 3 rings (SSSR count). The maximum absolute atomic E-state index is 12.4. The predicted octanol–water partition coefficient (Wildman–Crippen LogP) is 5.17. The van der Waals surface area contributed by atoms with Crippen LogP contribution in [-0.2, 0) is 11.2 Å². The first-order chi connectivity index (χ1) is 15.9. The first-order valence-corrected chi connectivity index (χ1v) is 11.1. The lowest BCUT2D eigenvalue weighted by Crippen LogP contribution is -2.34. The maximum Gasteiger partial charge on any atom is 0.257 e. The molecule has 0 radical (unpaired) electrons. The largest absolute Gasteiger partial charge is 0.491 e. The smallest absolute Gasteiger partial charge is 0.257 e. The van der Waals surface area contributed by atoms with Crippen molar-refractivity contribution >= 4 is 40.5 Å². The van der Waals surface area contributed by atoms with E-state index in [0.717, 1.165) is 5.56 Å². The highest BCUT2D eigenvalue weighted by Crippen LogP contribution is 2.16. The van der Waals surface area contributed by atoms with Crippen molar-refractivity contribution in [3.63, 3.8) is 0 Å². The van der Waals surface area contributed by atoms with Crippen LogP contribution in [0.3, 0.4) is 0 Å². The Balaban J connectivity index is 1.45. The highest BCUT2D eigenvalue weighted by atomic mass is 32.1. The quantitative estimate of drug-likeness (QED) is 0.403. The Hall–Kier alpha value is -3.71. The lowest BCUT2D eigenvalue weighted by atomic mass is 10.1. The minimum absolute atomic E-state index is 0.0489. The van der Waals surface area contributed by atoms with Crippen LogP contribution in [0.25, 0.3) is 0 Å². The molecule has 3 aromatic rings. The van der Waals surface area contributed by atoms with Crippen LogP contribution in [0.1, 0.15) is 36.2 Å². The molecule has 3 aromatic carbocycles. The molecule has 6 nitrogen and oxygen atoms in total. The Morgan fingerprint density at radius 2 is 1.45 bits per heavy atom. The van der Waals surface area contributed by atoms with Crippen molar-refractivity contribution < 1.29 is 14.3 Å². The second-order valence-corrected chi connectivity index (χ2v) is 8.12. The van der Waals surface area contributed by atoms with Crippen molar-refractivity contribution in [3.8, 4) is 5.75 Å². The molecule has 0 saturated carbocycles. The van der Waals surface area contributed by atoms with Gasteiger partial charge in [0.05, 0.1) is 6.10 Å². The number of benzene rings is 3. The molecular weight excluding hydrogens is 434 g/mol. The van der Waals surface area contributed by atoms with Gasteiger partial charge in [0, 0.05) is 23.4 Å². The minimum atomic E-state index is -0.314. The molecule has 0 aliphatic rings. The molecule has 0 aliphatic heterocycles. The van der Waals surface area contributed by atoms with Crippen LogP contribution in [0.5, 0.6) is 5.75 Å². The number of anilines is 2. The van der Waals surface area contributed by atoms with E-state index in [0.29, 0.717) is 35.5 Å². The fourth-order valence-corrected chi connectivity index (χ4v) is 3.27. The predicted molar refractivity (Wildman–Crippen MR) is 136 cm³/mol. The molecule has 0 aliphatic carbocycles. The Morgan fingerprint density at radius 1 is 0.848 bits per heavy atom. The zero-order valence-electron chi connectivity index (χ0n) is 18.6. The summed E-state index contributed by atoms with van der Waals surface area (Å²) in [6.07, 6.45) is 1.16. The van der Waals surface area contributed by atoms with E-state index in [-0.39, 0.29) is 23.0 Å². The summed E-state index contributed by atoms with van der Waals surface area (Å²) in [6.45, 7) is 3.88. The van der Waals surface area contributed by atoms with Crippen LogP contribution in [0.2, 0.25) is 0 Å². The number of rotatable bonds is 8. The Morgan fingerprint density at radius 3 is 2.06 bits per heavy atom. The number of ether oxygens (including phenoxy) is 1. The third-order valence-corrected chi connectivity index (χ3v) is 4.83. The van der Waals surface area contributed by atoms with Crippen LogP contribution in [0.4, 0.5) is 11.4 Å². The second-order valence-electron chi connectivity index (χ2n) is 7.71. The number of aryl methyl sites for hydroxylation is 1. The summed E-state index contributed by atoms with van der Waals surface area (Å²) in [4.78, 5) is 24.6. The lowest BCUT2D eigenvalue weighted by molar-refractivity contribution is -0.116. The molecule has 0 atom stereocenters. The Bertz CT molecular complexity index is 1080. The number of carbonyl (C=O) groups is 2. The molecule has 0 bridgehead atoms. The van der Waals surface area contributed by atoms with Gasteiger partial charge in [-0.1, -0.05) is 30.3 Å². The summed E-state index contributed by atoms with van der Waals surface area (Å²) in [5, 5.41) is 8.69. The molecule has 0 spiro atoms. The van der Waals surface area contributed by atoms with Crippen molar-refractivity contribution in [3.05, 3.63) is 90.0 Å². The number of hydrogen-bond donors (Lipinski definition) is 3. The van der Waals surface area contributed by atoms with Crippen molar-refractivity contribution in [2.45, 2.75) is 32.8 Å². The SMILES string of the molecule is CC(C)Oc1ccc(C(=O)NC(=S)Nc2ccc(NC(=O)CCc3ccccc3)cc2)cc1. The molecular formula is C26H27N3O3S. The molecule has 0 fully saturated rings. The van der Waals surface area contributed by atoms with E-state index in [2.05, 4.69) is 16.0 Å². The van der Waals surface area contributed by atoms with Crippen molar-refractivity contribution in [2.75, 3.05) is 10.6 Å². The van der Waals surface area contributed by atoms with Crippen LogP contribution < -0.4 is 20.7 Å². The highest BCUT2D eigenvalue weighted by Gasteiger charge is 2.09. The van der Waals surface area contributed by atoms with E-state index in [4.69, 9.17) is 17.0 Å². The van der Waals surface area contributed by atoms with E-state index < -0.39 is 0 Å². The molecule has 7 heteroatoms. The van der Waals surface area contributed by atoms with Crippen molar-refractivity contribution in [1.82, 2.24) is 5.32 Å². The van der Waals surface area contributed by atoms with Crippen LogP contribution in [-0.4, -0.2) is 23.0 Å². The average molecular weight is 462 g/mol. The molecule has 0 aromatic heterocycles. The van der Waals surface area contributed by atoms with Crippen LogP contribution in [0, 0.1) is 0 Å². The number of hydrogen-bond acceptors (Lipinski definition) is 4. The molecule has 170 valence electrons. The standard InChI is InChI=1S/C26H27N3O3S/c1-18(2)32-23-15-9-20(10-16-23)25(31)29-26(33)28-22-13-11-21(12-14-22)27-24(30)17-8-19-6-4-3-5-7-19/h3-7,9-16,18H,8,17H2,1-2H3,(H,27,30)(H2,28,29,31,33). The van der Waals surface area contributed by atoms with E-state index in [1.807, 2.05) is 44.2 Å². The number of amides is 2. The third-order valence-electron chi connectivity index (χ3n) is 4.63. The monoisotopic (exact) mass is 461 g/mol. The maximum atomic E-state index is 12.4. The van der Waals surface area contributed by atoms with Gasteiger partial charge in [0.25, 0.3) is 5.91 Å². The third kappa shape index (κ3) is 8.05. The summed E-state index contributed by atoms with van der Waals surface area (Å²) in [5.41, 5.74) is 2.99. The van der Waals surface area contributed by atoms with Gasteiger partial charge in [-0.3, -0.25) is 14.9 Å². The van der Waals surface area contributed by atoms with Crippen molar-refractivity contribution in [1.29, 1.82) is 0 Å². The highest BCUT2D eigenvalue weighted by molar-refractivity contribution is 7.80. The summed E-state index contributed by atoms with van der Waals surface area (Å²) in [6, 6.07) is 23.9. The average Bonchev–Trinajstić information content (AvgIpc) is 2.80. The number of carbonyl (C=O) groups excluding carboxylic acids is 2. The van der Waals surface area contributed by atoms with Crippen LogP contribution >= 0.6 is 12.2 Å². The molecule has 0 heterocycles. The van der Waals surface area contributed by atoms with Gasteiger partial charge in [0.1, 0.15) is 5.75 Å². The second kappa shape index (κ2) is 11.8. The van der Waals surface area contributed by atoms with Gasteiger partial charge in [0.2, 0.25) is 5.91 Å². The lowest BCUT2D eigenvalue weighted by Gasteiger charge is -2.12. The molecule has 33 heavy (non-hydrogen) atoms. The molecule has 0 saturated heterocycles. The zero-order chi connectivity index (χ0) is 23.6. The molecule has 0 unspecified atom stereocenters. The van der Waals surface area contributed by atoms with Gasteiger partial charge >= 0.3 is 0 Å². The Labute approximate surface area is 199 Å². The first-order valence-electron chi connectivity index (χ1n) is 10.7. The van der Waals surface area contributed by atoms with Gasteiger partial charge in [-0.05, 0) is 86.6 Å². The van der Waals surface area contributed by atoms with E-state index in [9.17, 15) is 9.59 Å². The van der Waals surface area contributed by atoms with Gasteiger partial charge in [-0.2, -0.15) is 0 Å². The van der Waals surface area contributed by atoms with E-state index in [1.54, 1.807) is 48.5 Å². The summed E-state index contributed by atoms with van der Waals surface area (Å²) >= 11 is 5.24. The van der Waals surface area contributed by atoms with Gasteiger partial charge in [-0.15, -0.1) is 0 Å². The van der Waals surface area contributed by atoms with Crippen LogP contribution in [0.15, 0.2) is 78.9 Å². The van der Waals surface area contributed by atoms with Gasteiger partial charge < -0.3 is 15.4 Å². The first kappa shape index (κ1) is 23.9. The Kier molecular flexibility index (Phi) is 8.55. The van der Waals surface area contributed by atoms with Crippen molar-refractivity contribution in [2.24, 2.45) is 0 Å². The number of thiocarbonyl (C=S) groups is 1. The van der Waals surface area contributed by atoms with E-state index in [1.165, 1.54) is 0 Å². The van der Waals surface area contributed by atoms with Gasteiger partial charge in [-0.25, -0.2) is 0 Å². The summed E-state index contributed by atoms with van der Waals surface area (Å²) in [5.74, 6) is 0.340. The summed E-state index contributed by atoms with van der Waals surface area (Å²) < 4.78 is 5.58. The normalized spacial score (nSPS) is 10.4. The fourth-order valence-electron chi connectivity index (χ4n) is 3.06. The minimum Gasteiger partial charge on any atom is -0.491 e. The summed E-state index contributed by atoms with van der Waals surface area (Å²) in [7, 11) is 0. The topological polar surface area (TPSA) is 79.5 Å². The zero-order valence-corrected chi connectivity index (χ0v) is 19.4. The molecule has 3 N–H and O–H groups in total. The van der Waals surface area contributed by atoms with E-state index >= 15 is 0 Å².